The molecule has 1 unspecified atom stereocenters. The van der Waals surface area contributed by atoms with Crippen molar-refractivity contribution in [1.82, 2.24) is 20.9 Å². The van der Waals surface area contributed by atoms with E-state index >= 15 is 0 Å². The number of carbonyl (C=O) groups is 4. The highest BCUT2D eigenvalue weighted by Gasteiger charge is 2.28. The fourth-order valence-electron chi connectivity index (χ4n) is 4.48. The van der Waals surface area contributed by atoms with E-state index in [4.69, 9.17) is 0 Å². The Kier molecular flexibility index (Phi) is 9.24. The minimum absolute atomic E-state index is 0.117. The van der Waals surface area contributed by atoms with Gasteiger partial charge in [-0.05, 0) is 63.2 Å². The summed E-state index contributed by atoms with van der Waals surface area (Å²) in [5.74, 6) is -1.56. The number of carbonyl (C=O) groups excluding carboxylic acids is 3. The van der Waals surface area contributed by atoms with Crippen LogP contribution >= 0.6 is 0 Å². The fraction of sp³-hybridized carbons (Fsp3) is 0.583. The normalized spacial score (nSPS) is 20.0. The number of amides is 3. The van der Waals surface area contributed by atoms with E-state index in [0.29, 0.717) is 31.0 Å². The van der Waals surface area contributed by atoms with Gasteiger partial charge in [0.1, 0.15) is 6.04 Å². The van der Waals surface area contributed by atoms with E-state index in [0.717, 1.165) is 45.2 Å². The molecule has 0 bridgehead atoms. The van der Waals surface area contributed by atoms with Gasteiger partial charge in [-0.15, -0.1) is 0 Å². The first-order valence-corrected chi connectivity index (χ1v) is 11.8. The number of hydrogen-bond donors (Lipinski definition) is 4. The molecule has 0 radical (unpaired) electrons. The summed E-state index contributed by atoms with van der Waals surface area (Å²) in [6.07, 6.45) is 4.80. The number of hydrogen-bond acceptors (Lipinski definition) is 5. The van der Waals surface area contributed by atoms with Gasteiger partial charge in [0, 0.05) is 31.1 Å². The van der Waals surface area contributed by atoms with E-state index in [-0.39, 0.29) is 18.4 Å². The number of nitrogens with zero attached hydrogens (tertiary/aromatic N) is 1. The Labute approximate surface area is 194 Å². The summed E-state index contributed by atoms with van der Waals surface area (Å²) in [5, 5.41) is 18.0. The van der Waals surface area contributed by atoms with Crippen molar-refractivity contribution in [1.29, 1.82) is 0 Å². The average Bonchev–Trinajstić information content (AvgIpc) is 2.83. The first kappa shape index (κ1) is 24.7. The molecule has 2 heterocycles. The van der Waals surface area contributed by atoms with Gasteiger partial charge in [0.05, 0.1) is 6.42 Å². The first-order chi connectivity index (χ1) is 15.9. The maximum Gasteiger partial charge on any atom is 0.326 e. The number of rotatable bonds is 9. The molecule has 2 atom stereocenters. The van der Waals surface area contributed by atoms with Crippen LogP contribution in [0.5, 0.6) is 0 Å². The van der Waals surface area contributed by atoms with Crippen molar-refractivity contribution >= 4 is 23.7 Å². The quantitative estimate of drug-likeness (QED) is 0.440. The van der Waals surface area contributed by atoms with Crippen LogP contribution in [0.25, 0.3) is 0 Å². The smallest absolute Gasteiger partial charge is 0.326 e. The lowest BCUT2D eigenvalue weighted by atomic mass is 9.93. The van der Waals surface area contributed by atoms with Gasteiger partial charge in [-0.3, -0.25) is 14.4 Å². The van der Waals surface area contributed by atoms with E-state index in [1.54, 1.807) is 35.2 Å². The molecule has 0 saturated carbocycles. The van der Waals surface area contributed by atoms with E-state index in [1.165, 1.54) is 0 Å². The SMILES string of the molecule is O=C(C[C@H](NC(=O)c1ccccc1)C(=O)O)NC1CCCN(C(=O)CCC2CCNCC2)C1. The molecule has 2 aliphatic rings. The van der Waals surface area contributed by atoms with Crippen molar-refractivity contribution in [2.75, 3.05) is 26.2 Å². The van der Waals surface area contributed by atoms with Crippen LogP contribution in [0, 0.1) is 5.92 Å². The van der Waals surface area contributed by atoms with Gasteiger partial charge >= 0.3 is 5.97 Å². The summed E-state index contributed by atoms with van der Waals surface area (Å²) in [6, 6.07) is 6.72. The van der Waals surface area contributed by atoms with Gasteiger partial charge in [0.25, 0.3) is 5.91 Å². The molecule has 0 spiro atoms. The second kappa shape index (κ2) is 12.3. The lowest BCUT2D eigenvalue weighted by molar-refractivity contribution is -0.141. The highest BCUT2D eigenvalue weighted by molar-refractivity contribution is 5.97. The summed E-state index contributed by atoms with van der Waals surface area (Å²) >= 11 is 0. The van der Waals surface area contributed by atoms with Crippen molar-refractivity contribution < 1.29 is 24.3 Å². The Morgan fingerprint density at radius 1 is 1.09 bits per heavy atom. The largest absolute Gasteiger partial charge is 0.480 e. The van der Waals surface area contributed by atoms with E-state index < -0.39 is 23.8 Å². The maximum absolute atomic E-state index is 12.7. The van der Waals surface area contributed by atoms with Crippen LogP contribution < -0.4 is 16.0 Å². The van der Waals surface area contributed by atoms with Crippen molar-refractivity contribution in [3.8, 4) is 0 Å². The molecule has 1 aromatic rings. The molecule has 9 heteroatoms. The van der Waals surface area contributed by atoms with Crippen LogP contribution in [0.3, 0.4) is 0 Å². The van der Waals surface area contributed by atoms with E-state index in [2.05, 4.69) is 16.0 Å². The summed E-state index contributed by atoms with van der Waals surface area (Å²) in [6.45, 7) is 3.15. The van der Waals surface area contributed by atoms with Crippen LogP contribution in [-0.2, 0) is 14.4 Å². The molecule has 2 fully saturated rings. The molecule has 2 aliphatic heterocycles. The van der Waals surface area contributed by atoms with Crippen molar-refractivity contribution in [3.63, 3.8) is 0 Å². The standard InChI is InChI=1S/C24H34N4O5/c29-21(15-20(24(32)33)27-23(31)18-5-2-1-3-6-18)26-19-7-4-14-28(16-19)22(30)9-8-17-10-12-25-13-11-17/h1-3,5-6,17,19-20,25H,4,7-16H2,(H,26,29)(H,27,31)(H,32,33)/t19?,20-/m0/s1. The third-order valence-corrected chi connectivity index (χ3v) is 6.39. The molecule has 1 aromatic carbocycles. The molecule has 0 aliphatic carbocycles. The fourth-order valence-corrected chi connectivity index (χ4v) is 4.48. The molecule has 4 N–H and O–H groups in total. The number of piperidine rings is 2. The molecule has 33 heavy (non-hydrogen) atoms. The first-order valence-electron chi connectivity index (χ1n) is 11.8. The Hall–Kier alpha value is -2.94. The second-order valence-corrected chi connectivity index (χ2v) is 8.91. The third kappa shape index (κ3) is 7.85. The van der Waals surface area contributed by atoms with Gasteiger partial charge in [-0.1, -0.05) is 18.2 Å². The number of aliphatic carboxylic acids is 1. The average molecular weight is 459 g/mol. The number of likely N-dealkylation sites (tertiary alicyclic amines) is 1. The van der Waals surface area contributed by atoms with Gasteiger partial charge in [0.2, 0.25) is 11.8 Å². The number of nitrogens with one attached hydrogen (secondary N) is 3. The number of benzene rings is 1. The molecule has 3 rings (SSSR count). The third-order valence-electron chi connectivity index (χ3n) is 6.39. The summed E-state index contributed by atoms with van der Waals surface area (Å²) in [4.78, 5) is 50.8. The van der Waals surface area contributed by atoms with Crippen LogP contribution in [0.15, 0.2) is 30.3 Å². The van der Waals surface area contributed by atoms with Crippen LogP contribution in [0.1, 0.15) is 55.3 Å². The summed E-state index contributed by atoms with van der Waals surface area (Å²) < 4.78 is 0. The van der Waals surface area contributed by atoms with Crippen LogP contribution in [0.2, 0.25) is 0 Å². The van der Waals surface area contributed by atoms with Crippen LogP contribution in [-0.4, -0.2) is 72.0 Å². The van der Waals surface area contributed by atoms with Crippen molar-refractivity contribution in [2.24, 2.45) is 5.92 Å². The minimum atomic E-state index is -1.33. The van der Waals surface area contributed by atoms with Gasteiger partial charge < -0.3 is 26.0 Å². The molecule has 3 amide bonds. The Morgan fingerprint density at radius 2 is 1.82 bits per heavy atom. The highest BCUT2D eigenvalue weighted by Crippen LogP contribution is 2.20. The van der Waals surface area contributed by atoms with Gasteiger partial charge in [-0.2, -0.15) is 0 Å². The molecular weight excluding hydrogens is 424 g/mol. The van der Waals surface area contributed by atoms with E-state index in [9.17, 15) is 24.3 Å². The monoisotopic (exact) mass is 458 g/mol. The maximum atomic E-state index is 12.7. The topological polar surface area (TPSA) is 128 Å². The summed E-state index contributed by atoms with van der Waals surface area (Å²) in [5.41, 5.74) is 0.329. The summed E-state index contributed by atoms with van der Waals surface area (Å²) in [7, 11) is 0. The number of carboxylic acid groups (broad SMARTS) is 1. The Balaban J connectivity index is 1.45. The van der Waals surface area contributed by atoms with Gasteiger partial charge in [-0.25, -0.2) is 4.79 Å². The Bertz CT molecular complexity index is 825. The zero-order chi connectivity index (χ0) is 23.6. The van der Waals surface area contributed by atoms with E-state index in [1.807, 2.05) is 0 Å². The van der Waals surface area contributed by atoms with Crippen LogP contribution in [0.4, 0.5) is 0 Å². The molecule has 2 saturated heterocycles. The molecule has 9 nitrogen and oxygen atoms in total. The van der Waals surface area contributed by atoms with Crippen molar-refractivity contribution in [2.45, 2.75) is 57.0 Å². The lowest BCUT2D eigenvalue weighted by Gasteiger charge is -2.34. The van der Waals surface area contributed by atoms with Gasteiger partial charge in [0.15, 0.2) is 0 Å². The minimum Gasteiger partial charge on any atom is -0.480 e. The molecule has 0 aromatic heterocycles. The predicted molar refractivity (Wildman–Crippen MR) is 123 cm³/mol. The predicted octanol–water partition coefficient (Wildman–Crippen LogP) is 1.15. The number of carboxylic acids is 1. The molecular formula is C24H34N4O5. The highest BCUT2D eigenvalue weighted by atomic mass is 16.4. The Morgan fingerprint density at radius 3 is 2.52 bits per heavy atom. The molecule has 180 valence electrons. The van der Waals surface area contributed by atoms with Crippen molar-refractivity contribution in [3.05, 3.63) is 35.9 Å². The zero-order valence-electron chi connectivity index (χ0n) is 18.9. The zero-order valence-corrected chi connectivity index (χ0v) is 18.9. The second-order valence-electron chi connectivity index (χ2n) is 8.91. The lowest BCUT2D eigenvalue weighted by Crippen LogP contribution is -2.51.